The van der Waals surface area contributed by atoms with Gasteiger partial charge < -0.3 is 5.73 Å². The van der Waals surface area contributed by atoms with Crippen molar-refractivity contribution in [3.8, 4) is 0 Å². The van der Waals surface area contributed by atoms with E-state index in [4.69, 9.17) is 5.73 Å². The summed E-state index contributed by atoms with van der Waals surface area (Å²) in [5.41, 5.74) is 6.11. The molecule has 0 amide bonds. The molecule has 2 N–H and O–H groups in total. The average molecular weight is 141 g/mol. The highest BCUT2D eigenvalue weighted by Crippen LogP contribution is 2.43. The molecule has 0 bridgehead atoms. The number of rotatable bonds is 2. The molecule has 1 aliphatic carbocycles. The lowest BCUT2D eigenvalue weighted by Gasteiger charge is -2.26. The molecule has 0 aromatic heterocycles. The van der Waals surface area contributed by atoms with Gasteiger partial charge >= 0.3 is 0 Å². The lowest BCUT2D eigenvalue weighted by molar-refractivity contribution is 0.249. The van der Waals surface area contributed by atoms with E-state index in [2.05, 4.69) is 13.8 Å². The Balaban J connectivity index is 2.43. The Morgan fingerprint density at radius 3 is 2.60 bits per heavy atom. The molecule has 10 heavy (non-hydrogen) atoms. The Bertz CT molecular complexity index is 107. The zero-order chi connectivity index (χ0) is 7.61. The maximum atomic E-state index is 5.53. The van der Waals surface area contributed by atoms with Crippen molar-refractivity contribution in [3.05, 3.63) is 0 Å². The van der Waals surface area contributed by atoms with Gasteiger partial charge in [-0.3, -0.25) is 0 Å². The van der Waals surface area contributed by atoms with E-state index < -0.39 is 0 Å². The molecule has 1 fully saturated rings. The zero-order valence-electron chi connectivity index (χ0n) is 7.19. The van der Waals surface area contributed by atoms with Gasteiger partial charge in [0.05, 0.1) is 0 Å². The summed E-state index contributed by atoms with van der Waals surface area (Å²) in [5, 5.41) is 0. The van der Waals surface area contributed by atoms with Gasteiger partial charge in [-0.1, -0.05) is 20.3 Å². The molecule has 1 atom stereocenters. The molecule has 0 unspecified atom stereocenters. The van der Waals surface area contributed by atoms with Crippen LogP contribution in [0.4, 0.5) is 0 Å². The minimum atomic E-state index is 0.583. The first-order chi connectivity index (χ1) is 4.67. The minimum Gasteiger partial charge on any atom is -0.330 e. The highest BCUT2D eigenvalue weighted by atomic mass is 14.5. The van der Waals surface area contributed by atoms with Gasteiger partial charge in [0.1, 0.15) is 0 Å². The Morgan fingerprint density at radius 1 is 1.50 bits per heavy atom. The summed E-state index contributed by atoms with van der Waals surface area (Å²) in [5.74, 6) is 0.900. The second-order valence-corrected chi connectivity index (χ2v) is 4.16. The lowest BCUT2D eigenvalue weighted by atomic mass is 9.80. The van der Waals surface area contributed by atoms with Crippen LogP contribution in [0.15, 0.2) is 0 Å². The zero-order valence-corrected chi connectivity index (χ0v) is 7.19. The predicted molar refractivity (Wildman–Crippen MR) is 44.8 cm³/mol. The fraction of sp³-hybridized carbons (Fsp3) is 1.00. The second kappa shape index (κ2) is 2.91. The van der Waals surface area contributed by atoms with Gasteiger partial charge in [-0.05, 0) is 37.1 Å². The van der Waals surface area contributed by atoms with Crippen LogP contribution < -0.4 is 5.73 Å². The van der Waals surface area contributed by atoms with E-state index in [1.807, 2.05) is 0 Å². The molecule has 0 saturated heterocycles. The van der Waals surface area contributed by atoms with Crippen molar-refractivity contribution in [2.75, 3.05) is 6.54 Å². The van der Waals surface area contributed by atoms with Gasteiger partial charge in [-0.15, -0.1) is 0 Å². The van der Waals surface area contributed by atoms with Gasteiger partial charge in [0.25, 0.3) is 0 Å². The van der Waals surface area contributed by atoms with Crippen LogP contribution in [0.1, 0.15) is 39.5 Å². The van der Waals surface area contributed by atoms with Crippen LogP contribution in [-0.2, 0) is 0 Å². The molecule has 0 aromatic rings. The molecule has 0 heterocycles. The van der Waals surface area contributed by atoms with Crippen LogP contribution in [0.3, 0.4) is 0 Å². The molecule has 1 nitrogen and oxygen atoms in total. The highest BCUT2D eigenvalue weighted by Gasteiger charge is 2.33. The SMILES string of the molecule is CC1(C)CCC[C@@H]1CCN. The van der Waals surface area contributed by atoms with Crippen molar-refractivity contribution >= 4 is 0 Å². The third-order valence-electron chi connectivity index (χ3n) is 2.99. The topological polar surface area (TPSA) is 26.0 Å². The maximum absolute atomic E-state index is 5.53. The first kappa shape index (κ1) is 8.06. The van der Waals surface area contributed by atoms with Gasteiger partial charge in [-0.25, -0.2) is 0 Å². The van der Waals surface area contributed by atoms with E-state index in [-0.39, 0.29) is 0 Å². The first-order valence-electron chi connectivity index (χ1n) is 4.37. The number of hydrogen-bond acceptors (Lipinski definition) is 1. The quantitative estimate of drug-likeness (QED) is 0.626. The molecule has 0 radical (unpaired) electrons. The lowest BCUT2D eigenvalue weighted by Crippen LogP contribution is -2.20. The van der Waals surface area contributed by atoms with E-state index in [1.165, 1.54) is 25.7 Å². The van der Waals surface area contributed by atoms with Crippen LogP contribution in [-0.4, -0.2) is 6.54 Å². The summed E-state index contributed by atoms with van der Waals surface area (Å²) in [6, 6.07) is 0. The fourth-order valence-corrected chi connectivity index (χ4v) is 2.14. The van der Waals surface area contributed by atoms with Crippen LogP contribution in [0.25, 0.3) is 0 Å². The van der Waals surface area contributed by atoms with Crippen LogP contribution >= 0.6 is 0 Å². The van der Waals surface area contributed by atoms with Crippen LogP contribution in [0.2, 0.25) is 0 Å². The normalized spacial score (nSPS) is 30.9. The predicted octanol–water partition coefficient (Wildman–Crippen LogP) is 2.16. The standard InChI is InChI=1S/C9H19N/c1-9(2)6-3-4-8(9)5-7-10/h8H,3-7,10H2,1-2H3/t8-/m1/s1. The summed E-state index contributed by atoms with van der Waals surface area (Å²) in [6.07, 6.45) is 5.45. The van der Waals surface area contributed by atoms with Crippen molar-refractivity contribution in [1.82, 2.24) is 0 Å². The molecule has 0 aromatic carbocycles. The Labute approximate surface area is 64.0 Å². The summed E-state index contributed by atoms with van der Waals surface area (Å²) >= 11 is 0. The molecule has 60 valence electrons. The van der Waals surface area contributed by atoms with Gasteiger partial charge in [0.15, 0.2) is 0 Å². The maximum Gasteiger partial charge on any atom is -0.00744 e. The van der Waals surface area contributed by atoms with E-state index >= 15 is 0 Å². The van der Waals surface area contributed by atoms with Crippen LogP contribution in [0, 0.1) is 11.3 Å². The molecular weight excluding hydrogens is 122 g/mol. The van der Waals surface area contributed by atoms with E-state index in [0.717, 1.165) is 12.5 Å². The number of nitrogens with two attached hydrogens (primary N) is 1. The van der Waals surface area contributed by atoms with E-state index in [9.17, 15) is 0 Å². The first-order valence-corrected chi connectivity index (χ1v) is 4.37. The van der Waals surface area contributed by atoms with Gasteiger partial charge in [0.2, 0.25) is 0 Å². The molecule has 0 spiro atoms. The fourth-order valence-electron chi connectivity index (χ4n) is 2.14. The summed E-state index contributed by atoms with van der Waals surface area (Å²) < 4.78 is 0. The average Bonchev–Trinajstić information content (AvgIpc) is 2.13. The molecule has 1 heteroatoms. The molecule has 0 aliphatic heterocycles. The van der Waals surface area contributed by atoms with Gasteiger partial charge in [-0.2, -0.15) is 0 Å². The van der Waals surface area contributed by atoms with E-state index in [0.29, 0.717) is 5.41 Å². The monoisotopic (exact) mass is 141 g/mol. The largest absolute Gasteiger partial charge is 0.330 e. The Morgan fingerprint density at radius 2 is 2.20 bits per heavy atom. The van der Waals surface area contributed by atoms with Crippen molar-refractivity contribution < 1.29 is 0 Å². The smallest absolute Gasteiger partial charge is 0.00744 e. The van der Waals surface area contributed by atoms with Crippen molar-refractivity contribution in [3.63, 3.8) is 0 Å². The van der Waals surface area contributed by atoms with Crippen molar-refractivity contribution in [2.24, 2.45) is 17.1 Å². The molecule has 1 aliphatic rings. The highest BCUT2D eigenvalue weighted by molar-refractivity contribution is 4.84. The van der Waals surface area contributed by atoms with Crippen molar-refractivity contribution in [1.29, 1.82) is 0 Å². The number of hydrogen-bond donors (Lipinski definition) is 1. The van der Waals surface area contributed by atoms with E-state index in [1.54, 1.807) is 0 Å². The van der Waals surface area contributed by atoms with Gasteiger partial charge in [0, 0.05) is 0 Å². The Kier molecular flexibility index (Phi) is 2.35. The molecule has 1 saturated carbocycles. The summed E-state index contributed by atoms with van der Waals surface area (Å²) in [6.45, 7) is 5.62. The van der Waals surface area contributed by atoms with Crippen molar-refractivity contribution in [2.45, 2.75) is 39.5 Å². The third-order valence-corrected chi connectivity index (χ3v) is 2.99. The third kappa shape index (κ3) is 1.51. The van der Waals surface area contributed by atoms with Crippen LogP contribution in [0.5, 0.6) is 0 Å². The summed E-state index contributed by atoms with van der Waals surface area (Å²) in [4.78, 5) is 0. The Hall–Kier alpha value is -0.0400. The second-order valence-electron chi connectivity index (χ2n) is 4.16. The molecular formula is C9H19N. The minimum absolute atomic E-state index is 0.583. The summed E-state index contributed by atoms with van der Waals surface area (Å²) in [7, 11) is 0. The molecule has 1 rings (SSSR count).